The number of rotatable bonds is 6. The third-order valence-corrected chi connectivity index (χ3v) is 5.52. The van der Waals surface area contributed by atoms with Crippen molar-refractivity contribution in [2.75, 3.05) is 37.4 Å². The van der Waals surface area contributed by atoms with Crippen molar-refractivity contribution in [3.05, 3.63) is 53.6 Å². The monoisotopic (exact) mass is 443 g/mol. The van der Waals surface area contributed by atoms with Crippen molar-refractivity contribution in [3.63, 3.8) is 0 Å². The van der Waals surface area contributed by atoms with Crippen molar-refractivity contribution in [1.29, 1.82) is 0 Å². The van der Waals surface area contributed by atoms with Gasteiger partial charge in [-0.2, -0.15) is 0 Å². The molecule has 1 aliphatic heterocycles. The fourth-order valence-electron chi connectivity index (χ4n) is 3.69. The van der Waals surface area contributed by atoms with Crippen LogP contribution in [-0.2, 0) is 11.3 Å². The summed E-state index contributed by atoms with van der Waals surface area (Å²) in [5.74, 6) is -0.499. The number of carbonyl (C=O) groups is 2. The summed E-state index contributed by atoms with van der Waals surface area (Å²) in [6.45, 7) is 6.28. The summed E-state index contributed by atoms with van der Waals surface area (Å²) in [6.07, 6.45) is 2.94. The smallest absolute Gasteiger partial charge is 0.409 e. The van der Waals surface area contributed by atoms with Gasteiger partial charge in [-0.15, -0.1) is 0 Å². The van der Waals surface area contributed by atoms with E-state index in [-0.39, 0.29) is 17.8 Å². The Morgan fingerprint density at radius 3 is 2.62 bits per heavy atom. The number of benzene rings is 1. The molecule has 0 spiro atoms. The molecule has 2 N–H and O–H groups in total. The molecule has 1 fully saturated rings. The van der Waals surface area contributed by atoms with E-state index in [0.29, 0.717) is 18.8 Å². The van der Waals surface area contributed by atoms with Gasteiger partial charge in [-0.25, -0.2) is 14.0 Å². The first-order chi connectivity index (χ1) is 15.4. The lowest BCUT2D eigenvalue weighted by Gasteiger charge is -2.36. The zero-order valence-corrected chi connectivity index (χ0v) is 18.7. The maximum absolute atomic E-state index is 14.3. The number of amides is 3. The molecule has 0 saturated carbocycles. The van der Waals surface area contributed by atoms with Gasteiger partial charge in [0.05, 0.1) is 24.2 Å². The van der Waals surface area contributed by atoms with Crippen LogP contribution in [0.4, 0.5) is 25.4 Å². The van der Waals surface area contributed by atoms with Crippen molar-refractivity contribution in [2.24, 2.45) is 0 Å². The molecule has 0 radical (unpaired) electrons. The van der Waals surface area contributed by atoms with E-state index in [1.165, 1.54) is 6.07 Å². The van der Waals surface area contributed by atoms with Crippen LogP contribution in [-0.4, -0.2) is 59.7 Å². The van der Waals surface area contributed by atoms with Gasteiger partial charge >= 0.3 is 12.1 Å². The molecule has 1 saturated heterocycles. The molecule has 1 aromatic carbocycles. The van der Waals surface area contributed by atoms with Crippen LogP contribution >= 0.6 is 0 Å². The maximum atomic E-state index is 14.3. The van der Waals surface area contributed by atoms with Gasteiger partial charge in [-0.1, -0.05) is 6.07 Å². The second-order valence-corrected chi connectivity index (χ2v) is 7.90. The Labute approximate surface area is 187 Å². The van der Waals surface area contributed by atoms with Crippen LogP contribution in [0.1, 0.15) is 31.0 Å². The summed E-state index contributed by atoms with van der Waals surface area (Å²) in [5, 5.41) is 5.22. The van der Waals surface area contributed by atoms with Crippen LogP contribution in [0.3, 0.4) is 0 Å². The Hall–Kier alpha value is -3.20. The number of urea groups is 1. The van der Waals surface area contributed by atoms with Crippen molar-refractivity contribution in [1.82, 2.24) is 14.8 Å². The fourth-order valence-corrected chi connectivity index (χ4v) is 3.69. The van der Waals surface area contributed by atoms with Crippen LogP contribution < -0.4 is 10.6 Å². The van der Waals surface area contributed by atoms with Crippen LogP contribution in [0.25, 0.3) is 0 Å². The van der Waals surface area contributed by atoms with E-state index in [1.54, 1.807) is 49.3 Å². The molecule has 32 heavy (non-hydrogen) atoms. The minimum absolute atomic E-state index is 0.122. The Morgan fingerprint density at radius 1 is 1.22 bits per heavy atom. The van der Waals surface area contributed by atoms with Crippen molar-refractivity contribution in [3.8, 4) is 0 Å². The summed E-state index contributed by atoms with van der Waals surface area (Å²) in [7, 11) is 1.77. The lowest BCUT2D eigenvalue weighted by Crippen LogP contribution is -2.45. The first-order valence-electron chi connectivity index (χ1n) is 10.8. The number of halogens is 1. The molecular weight excluding hydrogens is 413 g/mol. The van der Waals surface area contributed by atoms with Gasteiger partial charge in [0.2, 0.25) is 0 Å². The summed E-state index contributed by atoms with van der Waals surface area (Å²) in [6, 6.07) is 7.87. The Bertz CT molecular complexity index is 930. The minimum atomic E-state index is -0.533. The van der Waals surface area contributed by atoms with Crippen LogP contribution in [0.15, 0.2) is 36.5 Å². The molecule has 1 aliphatic rings. The number of anilines is 2. The molecule has 2 heterocycles. The highest BCUT2D eigenvalue weighted by molar-refractivity contribution is 5.99. The normalized spacial score (nSPS) is 14.6. The Morgan fingerprint density at radius 2 is 1.97 bits per heavy atom. The van der Waals surface area contributed by atoms with Crippen molar-refractivity contribution < 1.29 is 18.7 Å². The Balaban J connectivity index is 1.54. The molecular formula is C23H30FN5O3. The number of nitrogens with zero attached hydrogens (tertiary/aromatic N) is 3. The third-order valence-electron chi connectivity index (χ3n) is 5.52. The lowest BCUT2D eigenvalue weighted by molar-refractivity contribution is 0.0789. The van der Waals surface area contributed by atoms with Gasteiger partial charge in [0.25, 0.3) is 0 Å². The van der Waals surface area contributed by atoms with E-state index < -0.39 is 11.8 Å². The molecule has 9 heteroatoms. The predicted octanol–water partition coefficient (Wildman–Crippen LogP) is 4.23. The zero-order chi connectivity index (χ0) is 23.1. The second kappa shape index (κ2) is 10.9. The van der Waals surface area contributed by atoms with E-state index >= 15 is 0 Å². The van der Waals surface area contributed by atoms with Gasteiger partial charge < -0.3 is 20.3 Å². The van der Waals surface area contributed by atoms with Crippen LogP contribution in [0.2, 0.25) is 0 Å². The summed E-state index contributed by atoms with van der Waals surface area (Å²) in [4.78, 5) is 32.2. The topological polar surface area (TPSA) is 86.8 Å². The first-order valence-corrected chi connectivity index (χ1v) is 10.8. The van der Waals surface area contributed by atoms with E-state index in [9.17, 15) is 14.0 Å². The third kappa shape index (κ3) is 6.40. The number of aromatic nitrogens is 1. The predicted molar refractivity (Wildman–Crippen MR) is 121 cm³/mol. The summed E-state index contributed by atoms with van der Waals surface area (Å²) < 4.78 is 19.3. The van der Waals surface area contributed by atoms with Crippen molar-refractivity contribution in [2.45, 2.75) is 39.3 Å². The molecule has 1 aromatic heterocycles. The number of pyridine rings is 1. The van der Waals surface area contributed by atoms with E-state index in [4.69, 9.17) is 4.74 Å². The molecule has 3 rings (SSSR count). The molecule has 8 nitrogen and oxygen atoms in total. The molecule has 0 atom stereocenters. The van der Waals surface area contributed by atoms with Gasteiger partial charge in [-0.05, 0) is 56.5 Å². The van der Waals surface area contributed by atoms with E-state index in [0.717, 1.165) is 37.2 Å². The SMILES string of the molecule is CCOC(=O)N(C)C1CCN(Cc2ccc(F)c(NC(=O)Nc3ccc(C)nc3)c2)CC1. The second-order valence-electron chi connectivity index (χ2n) is 7.90. The zero-order valence-electron chi connectivity index (χ0n) is 18.7. The summed E-state index contributed by atoms with van der Waals surface area (Å²) in [5.41, 5.74) is 2.39. The number of nitrogens with one attached hydrogen (secondary N) is 2. The maximum Gasteiger partial charge on any atom is 0.409 e. The molecule has 3 amide bonds. The van der Waals surface area contributed by atoms with Gasteiger partial charge in [-0.3, -0.25) is 9.88 Å². The standard InChI is InChI=1S/C23H30FN5O3/c1-4-32-23(31)28(3)19-9-11-29(12-10-19)15-17-6-8-20(24)21(13-17)27-22(30)26-18-7-5-16(2)25-14-18/h5-8,13-14,19H,4,9-12,15H2,1-3H3,(H2,26,27,30). The van der Waals surface area contributed by atoms with Crippen molar-refractivity contribution >= 4 is 23.5 Å². The minimum Gasteiger partial charge on any atom is -0.450 e. The number of likely N-dealkylation sites (tertiary alicyclic amines) is 1. The number of aryl methyl sites for hydroxylation is 1. The highest BCUT2D eigenvalue weighted by Crippen LogP contribution is 2.21. The molecule has 172 valence electrons. The van der Waals surface area contributed by atoms with E-state index in [1.807, 2.05) is 6.92 Å². The van der Waals surface area contributed by atoms with Gasteiger partial charge in [0.15, 0.2) is 0 Å². The lowest BCUT2D eigenvalue weighted by atomic mass is 10.0. The highest BCUT2D eigenvalue weighted by atomic mass is 19.1. The number of hydrogen-bond donors (Lipinski definition) is 2. The Kier molecular flexibility index (Phi) is 7.99. The molecule has 0 unspecified atom stereocenters. The molecule has 2 aromatic rings. The van der Waals surface area contributed by atoms with E-state index in [2.05, 4.69) is 20.5 Å². The first kappa shape index (κ1) is 23.5. The summed E-state index contributed by atoms with van der Waals surface area (Å²) >= 11 is 0. The average molecular weight is 444 g/mol. The van der Waals surface area contributed by atoms with Gasteiger partial charge in [0, 0.05) is 38.4 Å². The quantitative estimate of drug-likeness (QED) is 0.698. The average Bonchev–Trinajstić information content (AvgIpc) is 2.78. The largest absolute Gasteiger partial charge is 0.450 e. The highest BCUT2D eigenvalue weighted by Gasteiger charge is 2.26. The van der Waals surface area contributed by atoms with Crippen LogP contribution in [0.5, 0.6) is 0 Å². The number of carbonyl (C=O) groups excluding carboxylic acids is 2. The van der Waals surface area contributed by atoms with Gasteiger partial charge in [0.1, 0.15) is 5.82 Å². The molecule has 0 aliphatic carbocycles. The molecule has 0 bridgehead atoms. The number of ether oxygens (including phenoxy) is 1. The number of hydrogen-bond acceptors (Lipinski definition) is 5. The number of piperidine rings is 1. The fraction of sp³-hybridized carbons (Fsp3) is 0.435. The van der Waals surface area contributed by atoms with Crippen LogP contribution in [0, 0.1) is 12.7 Å².